The molecule has 0 aromatic rings. The maximum atomic E-state index is 2.75. The van der Waals surface area contributed by atoms with Gasteiger partial charge in [0.15, 0.2) is 0 Å². The van der Waals surface area contributed by atoms with E-state index in [1.54, 1.807) is 5.57 Å². The van der Waals surface area contributed by atoms with E-state index in [9.17, 15) is 0 Å². The summed E-state index contributed by atoms with van der Waals surface area (Å²) in [4.78, 5) is 0. The van der Waals surface area contributed by atoms with E-state index >= 15 is 0 Å². The summed E-state index contributed by atoms with van der Waals surface area (Å²) in [5.74, 6) is 6.41. The molecule has 4 aliphatic carbocycles. The highest BCUT2D eigenvalue weighted by Crippen LogP contribution is 2.67. The van der Waals surface area contributed by atoms with Crippen LogP contribution in [0.2, 0.25) is 0 Å². The van der Waals surface area contributed by atoms with Gasteiger partial charge in [0.1, 0.15) is 0 Å². The van der Waals surface area contributed by atoms with E-state index in [0.717, 1.165) is 35.5 Å². The molecule has 0 bridgehead atoms. The summed E-state index contributed by atoms with van der Waals surface area (Å²) in [5.41, 5.74) is 4.69. The van der Waals surface area contributed by atoms with Crippen molar-refractivity contribution in [1.82, 2.24) is 0 Å². The lowest BCUT2D eigenvalue weighted by Crippen LogP contribution is -2.50. The largest absolute Gasteiger partial charge is 0.0882 e. The second-order valence-electron chi connectivity index (χ2n) is 12.9. The van der Waals surface area contributed by atoms with E-state index in [4.69, 9.17) is 0 Å². The maximum Gasteiger partial charge on any atom is -0.00851 e. The van der Waals surface area contributed by atoms with Crippen LogP contribution in [-0.2, 0) is 0 Å². The van der Waals surface area contributed by atoms with Crippen LogP contribution in [-0.4, -0.2) is 0 Å². The van der Waals surface area contributed by atoms with Crippen LogP contribution in [0.15, 0.2) is 23.3 Å². The lowest BCUT2D eigenvalue weighted by Gasteiger charge is -2.58. The maximum absolute atomic E-state index is 2.75. The molecule has 0 heteroatoms. The first-order chi connectivity index (χ1) is 16.2. The summed E-state index contributed by atoms with van der Waals surface area (Å²) < 4.78 is 0. The monoisotopic (exact) mass is 470 g/mol. The van der Waals surface area contributed by atoms with E-state index in [1.807, 2.05) is 33.3 Å². The van der Waals surface area contributed by atoms with Crippen molar-refractivity contribution < 1.29 is 0 Å². The van der Waals surface area contributed by atoms with E-state index in [-0.39, 0.29) is 0 Å². The molecule has 0 radical (unpaired) electrons. The highest BCUT2D eigenvalue weighted by atomic mass is 14.6. The smallest absolute Gasteiger partial charge is 0.00851 e. The average Bonchev–Trinajstić information content (AvgIpc) is 3.19. The summed E-state index contributed by atoms with van der Waals surface area (Å²) in [6.07, 6.45) is 19.6. The summed E-state index contributed by atoms with van der Waals surface area (Å²) in [5, 5.41) is 0. The van der Waals surface area contributed by atoms with Crippen LogP contribution in [0.4, 0.5) is 0 Å². The second-order valence-corrected chi connectivity index (χ2v) is 12.9. The predicted molar refractivity (Wildman–Crippen MR) is 154 cm³/mol. The molecule has 8 atom stereocenters. The summed E-state index contributed by atoms with van der Waals surface area (Å²) in [7, 11) is 0. The minimum Gasteiger partial charge on any atom is -0.0882 e. The van der Waals surface area contributed by atoms with Crippen molar-refractivity contribution in [1.29, 1.82) is 0 Å². The molecule has 0 amide bonds. The molecule has 0 spiro atoms. The van der Waals surface area contributed by atoms with Gasteiger partial charge in [-0.15, -0.1) is 0 Å². The van der Waals surface area contributed by atoms with Gasteiger partial charge in [-0.1, -0.05) is 92.5 Å². The molecule has 34 heavy (non-hydrogen) atoms. The number of rotatable bonds is 5. The van der Waals surface area contributed by atoms with Gasteiger partial charge in [-0.2, -0.15) is 0 Å². The van der Waals surface area contributed by atoms with Crippen LogP contribution in [0.3, 0.4) is 0 Å². The number of hydrogen-bond acceptors (Lipinski definition) is 0. The van der Waals surface area contributed by atoms with Gasteiger partial charge in [-0.25, -0.2) is 0 Å². The Morgan fingerprint density at radius 1 is 0.971 bits per heavy atom. The number of allylic oxidation sites excluding steroid dienone is 4. The van der Waals surface area contributed by atoms with Gasteiger partial charge in [-0.3, -0.25) is 0 Å². The van der Waals surface area contributed by atoms with Crippen molar-refractivity contribution in [2.75, 3.05) is 0 Å². The molecule has 8 unspecified atom stereocenters. The molecule has 3 fully saturated rings. The molecule has 0 nitrogen and oxygen atoms in total. The van der Waals surface area contributed by atoms with E-state index < -0.39 is 0 Å². The number of fused-ring (bicyclic) bond motifs is 5. The van der Waals surface area contributed by atoms with Crippen molar-refractivity contribution >= 4 is 0 Å². The van der Waals surface area contributed by atoms with Crippen LogP contribution in [0.1, 0.15) is 140 Å². The van der Waals surface area contributed by atoms with Gasteiger partial charge >= 0.3 is 0 Å². The van der Waals surface area contributed by atoms with Crippen LogP contribution in [0.25, 0.3) is 0 Å². The van der Waals surface area contributed by atoms with Crippen LogP contribution in [0.5, 0.6) is 0 Å². The zero-order valence-electron chi connectivity index (χ0n) is 25.3. The van der Waals surface area contributed by atoms with E-state index in [2.05, 4.69) is 60.6 Å². The lowest BCUT2D eigenvalue weighted by atomic mass is 9.46. The van der Waals surface area contributed by atoms with Crippen LogP contribution in [0, 0.1) is 52.3 Å². The Labute approximate surface area is 215 Å². The second kappa shape index (κ2) is 12.6. The molecular weight excluding hydrogens is 408 g/mol. The van der Waals surface area contributed by atoms with Crippen molar-refractivity contribution in [3.8, 4) is 0 Å². The van der Waals surface area contributed by atoms with Gasteiger partial charge in [0.05, 0.1) is 0 Å². The van der Waals surface area contributed by atoms with Gasteiger partial charge < -0.3 is 0 Å². The average molecular weight is 471 g/mol. The molecule has 0 saturated heterocycles. The fourth-order valence-corrected chi connectivity index (χ4v) is 9.18. The summed E-state index contributed by atoms with van der Waals surface area (Å²) >= 11 is 0. The normalized spacial score (nSPS) is 39.9. The summed E-state index contributed by atoms with van der Waals surface area (Å²) in [6.45, 7) is 25.4. The van der Waals surface area contributed by atoms with Gasteiger partial charge in [-0.05, 0) is 123 Å². The van der Waals surface area contributed by atoms with Crippen molar-refractivity contribution in [2.45, 2.75) is 140 Å². The van der Waals surface area contributed by atoms with Gasteiger partial charge in [0, 0.05) is 0 Å². The third-order valence-electron chi connectivity index (χ3n) is 11.1. The Morgan fingerprint density at radius 2 is 1.65 bits per heavy atom. The fourth-order valence-electron chi connectivity index (χ4n) is 9.18. The van der Waals surface area contributed by atoms with Crippen molar-refractivity contribution in [3.05, 3.63) is 23.3 Å². The molecule has 0 N–H and O–H groups in total. The topological polar surface area (TPSA) is 0 Å². The van der Waals surface area contributed by atoms with Crippen LogP contribution >= 0.6 is 0 Å². The summed E-state index contributed by atoms with van der Waals surface area (Å²) in [6, 6.07) is 0. The Balaban J connectivity index is 0.000000970. The molecule has 3 saturated carbocycles. The quantitative estimate of drug-likeness (QED) is 0.350. The Bertz CT molecular complexity index is 680. The Morgan fingerprint density at radius 3 is 2.26 bits per heavy atom. The molecule has 0 heterocycles. The molecule has 0 aromatic heterocycles. The third kappa shape index (κ3) is 5.57. The van der Waals surface area contributed by atoms with E-state index in [1.165, 1.54) is 64.2 Å². The molecule has 0 aliphatic heterocycles. The predicted octanol–water partition coefficient (Wildman–Crippen LogP) is 11.3. The minimum atomic E-state index is 0.540. The standard InChI is InChI=1S/C30H50.2C2H6/c1-8-23(20(2)3)10-9-22(5)26-13-14-27-25-12-11-24-19-21(4)15-17-29(24,6)28(25)16-18-30(26,27)7;2*1-2/h8,11,20-22,25-28H,9-10,12-19H2,1-7H3;2*1-2H3/b23-8+;;. The lowest BCUT2D eigenvalue weighted by molar-refractivity contribution is -0.0521. The third-order valence-corrected chi connectivity index (χ3v) is 11.1. The minimum absolute atomic E-state index is 0.540. The van der Waals surface area contributed by atoms with Crippen molar-refractivity contribution in [3.63, 3.8) is 0 Å². The zero-order valence-corrected chi connectivity index (χ0v) is 25.3. The zero-order chi connectivity index (χ0) is 25.7. The Hall–Kier alpha value is -0.520. The van der Waals surface area contributed by atoms with Crippen LogP contribution < -0.4 is 0 Å². The molecule has 0 aromatic carbocycles. The van der Waals surface area contributed by atoms with E-state index in [0.29, 0.717) is 16.7 Å². The van der Waals surface area contributed by atoms with Gasteiger partial charge in [0.25, 0.3) is 0 Å². The fraction of sp³-hybridized carbons (Fsp3) is 0.882. The first-order valence-electron chi connectivity index (χ1n) is 15.5. The highest BCUT2D eigenvalue weighted by molar-refractivity contribution is 5.25. The number of hydrogen-bond donors (Lipinski definition) is 0. The first kappa shape index (κ1) is 29.7. The molecule has 4 rings (SSSR count). The first-order valence-corrected chi connectivity index (χ1v) is 15.5. The molecule has 4 aliphatic rings. The van der Waals surface area contributed by atoms with Crippen molar-refractivity contribution in [2.24, 2.45) is 52.3 Å². The Kier molecular flexibility index (Phi) is 11.0. The molecule has 198 valence electrons. The SMILES string of the molecule is C/C=C(\CCC(C)C1CCC2C3CC=C4CC(C)CCC4(C)C3CCC12C)C(C)C.CC.CC. The highest BCUT2D eigenvalue weighted by Gasteiger charge is 2.58. The molecular formula is C34H62. The van der Waals surface area contributed by atoms with Gasteiger partial charge in [0.2, 0.25) is 0 Å².